The summed E-state index contributed by atoms with van der Waals surface area (Å²) in [6, 6.07) is 6.76. The van der Waals surface area contributed by atoms with Gasteiger partial charge in [0.2, 0.25) is 0 Å². The molecule has 1 aromatic carbocycles. The number of aromatic nitrogens is 2. The van der Waals surface area contributed by atoms with Gasteiger partial charge < -0.3 is 10.1 Å². The quantitative estimate of drug-likeness (QED) is 0.884. The van der Waals surface area contributed by atoms with Crippen LogP contribution in [0.15, 0.2) is 28.9 Å². The van der Waals surface area contributed by atoms with E-state index in [0.29, 0.717) is 11.3 Å². The fourth-order valence-electron chi connectivity index (χ4n) is 2.71. The average molecular weight is 321 g/mol. The van der Waals surface area contributed by atoms with Crippen LogP contribution in [0.3, 0.4) is 0 Å². The van der Waals surface area contributed by atoms with Crippen molar-refractivity contribution in [1.82, 2.24) is 14.7 Å². The van der Waals surface area contributed by atoms with E-state index in [4.69, 9.17) is 4.74 Å². The minimum Gasteiger partial charge on any atom is -0.497 e. The lowest BCUT2D eigenvalue weighted by Crippen LogP contribution is -2.27. The van der Waals surface area contributed by atoms with Crippen LogP contribution in [0.4, 0.5) is 0 Å². The van der Waals surface area contributed by atoms with Crippen molar-refractivity contribution in [2.75, 3.05) is 13.7 Å². The molecule has 1 aliphatic rings. The van der Waals surface area contributed by atoms with Gasteiger partial charge in [0.05, 0.1) is 7.11 Å². The third kappa shape index (κ3) is 3.22. The van der Waals surface area contributed by atoms with Crippen LogP contribution in [0.5, 0.6) is 5.75 Å². The molecule has 0 amide bonds. The van der Waals surface area contributed by atoms with E-state index in [2.05, 4.69) is 33.7 Å². The number of rotatable bonds is 6. The number of hydrogen-bond donors (Lipinski definition) is 1. The van der Waals surface area contributed by atoms with E-state index in [1.807, 2.05) is 17.8 Å². The van der Waals surface area contributed by atoms with Crippen LogP contribution >= 0.6 is 23.3 Å². The van der Waals surface area contributed by atoms with E-state index in [1.54, 1.807) is 13.4 Å². The summed E-state index contributed by atoms with van der Waals surface area (Å²) in [7, 11) is 1.72. The summed E-state index contributed by atoms with van der Waals surface area (Å²) in [5.74, 6) is 0.929. The lowest BCUT2D eigenvalue weighted by molar-refractivity contribution is 0.413. The molecule has 0 spiro atoms. The van der Waals surface area contributed by atoms with Gasteiger partial charge in [0.1, 0.15) is 12.1 Å². The number of hydrogen-bond acceptors (Lipinski definition) is 6. The molecule has 6 heteroatoms. The number of fused-ring (bicyclic) bond motifs is 1. The molecule has 0 saturated carbocycles. The highest BCUT2D eigenvalue weighted by Gasteiger charge is 2.33. The molecule has 2 aromatic rings. The van der Waals surface area contributed by atoms with Gasteiger partial charge in [-0.15, -0.1) is 0 Å². The average Bonchev–Trinajstić information content (AvgIpc) is 3.12. The Hall–Kier alpha value is -1.11. The largest absolute Gasteiger partial charge is 0.497 e. The van der Waals surface area contributed by atoms with Gasteiger partial charge in [-0.1, -0.05) is 24.8 Å². The zero-order valence-corrected chi connectivity index (χ0v) is 13.8. The lowest BCUT2D eigenvalue weighted by atomic mass is 10.1. The Bertz CT molecular complexity index is 589. The zero-order chi connectivity index (χ0) is 14.7. The summed E-state index contributed by atoms with van der Waals surface area (Å²) < 4.78 is 10.5. The third-order valence-corrected chi connectivity index (χ3v) is 5.71. The second-order valence-electron chi connectivity index (χ2n) is 5.06. The molecule has 1 N–H and O–H groups in total. The summed E-state index contributed by atoms with van der Waals surface area (Å²) in [6.45, 7) is 3.22. The van der Waals surface area contributed by atoms with Crippen molar-refractivity contribution in [3.63, 3.8) is 0 Å². The van der Waals surface area contributed by atoms with Crippen molar-refractivity contribution in [3.8, 4) is 5.75 Å². The van der Waals surface area contributed by atoms with E-state index in [1.165, 1.54) is 22.7 Å². The predicted molar refractivity (Wildman–Crippen MR) is 87.3 cm³/mol. The van der Waals surface area contributed by atoms with Crippen molar-refractivity contribution >= 4 is 23.3 Å². The van der Waals surface area contributed by atoms with Crippen molar-refractivity contribution in [2.24, 2.45) is 0 Å². The van der Waals surface area contributed by atoms with Crippen molar-refractivity contribution in [1.29, 1.82) is 0 Å². The standard InChI is InChI=1S/C15H19N3OS2/c1-3-6-16-14-12-8-11(19-2)5-4-10(12)7-13(14)20-15-17-9-18-21-15/h4-5,8-9,13-14,16H,3,6-7H2,1-2H3. The lowest BCUT2D eigenvalue weighted by Gasteiger charge is -2.20. The topological polar surface area (TPSA) is 47.0 Å². The molecule has 0 bridgehead atoms. The maximum atomic E-state index is 5.38. The van der Waals surface area contributed by atoms with Crippen LogP contribution in [-0.4, -0.2) is 28.3 Å². The van der Waals surface area contributed by atoms with Crippen LogP contribution in [-0.2, 0) is 6.42 Å². The Labute approximate surface area is 133 Å². The van der Waals surface area contributed by atoms with Crippen LogP contribution in [0.2, 0.25) is 0 Å². The van der Waals surface area contributed by atoms with Gasteiger partial charge in [-0.3, -0.25) is 0 Å². The molecule has 0 fully saturated rings. The molecule has 1 aliphatic carbocycles. The monoisotopic (exact) mass is 321 g/mol. The minimum atomic E-state index is 0.351. The van der Waals surface area contributed by atoms with E-state index < -0.39 is 0 Å². The first-order chi connectivity index (χ1) is 10.3. The van der Waals surface area contributed by atoms with Crippen LogP contribution in [0.25, 0.3) is 0 Å². The number of nitrogens with one attached hydrogen (secondary N) is 1. The minimum absolute atomic E-state index is 0.351. The predicted octanol–water partition coefficient (Wildman–Crippen LogP) is 3.30. The van der Waals surface area contributed by atoms with Gasteiger partial charge in [-0.2, -0.15) is 4.37 Å². The van der Waals surface area contributed by atoms with E-state index in [9.17, 15) is 0 Å². The molecule has 4 nitrogen and oxygen atoms in total. The maximum absolute atomic E-state index is 5.38. The number of thioether (sulfide) groups is 1. The summed E-state index contributed by atoms with van der Waals surface area (Å²) in [4.78, 5) is 4.31. The Balaban J connectivity index is 1.84. The third-order valence-electron chi connectivity index (χ3n) is 3.69. The molecule has 0 saturated heterocycles. The summed E-state index contributed by atoms with van der Waals surface area (Å²) >= 11 is 3.30. The Morgan fingerprint density at radius 1 is 1.48 bits per heavy atom. The molecule has 2 unspecified atom stereocenters. The summed E-state index contributed by atoms with van der Waals surface area (Å²) in [5.41, 5.74) is 2.77. The second-order valence-corrected chi connectivity index (χ2v) is 7.33. The van der Waals surface area contributed by atoms with Crippen molar-refractivity contribution < 1.29 is 4.74 Å². The summed E-state index contributed by atoms with van der Waals surface area (Å²) in [5, 5.41) is 4.15. The van der Waals surface area contributed by atoms with Crippen LogP contribution < -0.4 is 10.1 Å². The van der Waals surface area contributed by atoms with E-state index >= 15 is 0 Å². The number of benzene rings is 1. The highest BCUT2D eigenvalue weighted by molar-refractivity contribution is 8.01. The molecule has 1 aromatic heterocycles. The first-order valence-corrected chi connectivity index (χ1v) is 8.80. The highest BCUT2D eigenvalue weighted by Crippen LogP contribution is 2.42. The molecule has 1 heterocycles. The van der Waals surface area contributed by atoms with Crippen LogP contribution in [0.1, 0.15) is 30.5 Å². The van der Waals surface area contributed by atoms with E-state index in [0.717, 1.165) is 29.5 Å². The first kappa shape index (κ1) is 14.8. The smallest absolute Gasteiger partial charge is 0.170 e. The fourth-order valence-corrected chi connectivity index (χ4v) is 4.67. The second kappa shape index (κ2) is 6.77. The molecule has 0 radical (unpaired) electrons. The van der Waals surface area contributed by atoms with Gasteiger partial charge in [0, 0.05) is 11.3 Å². The molecule has 112 valence electrons. The molecule has 2 atom stereocenters. The van der Waals surface area contributed by atoms with Gasteiger partial charge in [-0.25, -0.2) is 4.98 Å². The highest BCUT2D eigenvalue weighted by atomic mass is 32.2. The Kier molecular flexibility index (Phi) is 4.77. The summed E-state index contributed by atoms with van der Waals surface area (Å²) in [6.07, 6.45) is 3.82. The number of methoxy groups -OCH3 is 1. The molecule has 0 aliphatic heterocycles. The van der Waals surface area contributed by atoms with Crippen molar-refractivity contribution in [3.05, 3.63) is 35.7 Å². The molecular weight excluding hydrogens is 302 g/mol. The van der Waals surface area contributed by atoms with Gasteiger partial charge in [0.15, 0.2) is 4.34 Å². The normalized spacial score (nSPS) is 20.5. The van der Waals surface area contributed by atoms with E-state index in [-0.39, 0.29) is 0 Å². The maximum Gasteiger partial charge on any atom is 0.170 e. The van der Waals surface area contributed by atoms with Gasteiger partial charge >= 0.3 is 0 Å². The van der Waals surface area contributed by atoms with Crippen molar-refractivity contribution in [2.45, 2.75) is 35.4 Å². The Morgan fingerprint density at radius 3 is 3.10 bits per heavy atom. The Morgan fingerprint density at radius 2 is 2.38 bits per heavy atom. The molecule has 21 heavy (non-hydrogen) atoms. The number of nitrogens with zero attached hydrogens (tertiary/aromatic N) is 2. The number of ether oxygens (including phenoxy) is 1. The van der Waals surface area contributed by atoms with Gasteiger partial charge in [0.25, 0.3) is 0 Å². The SMILES string of the molecule is CCCNC1c2cc(OC)ccc2CC1Sc1ncns1. The zero-order valence-electron chi connectivity index (χ0n) is 12.2. The molecular formula is C15H19N3OS2. The van der Waals surface area contributed by atoms with Crippen LogP contribution in [0, 0.1) is 0 Å². The molecule has 3 rings (SSSR count). The fraction of sp³-hybridized carbons (Fsp3) is 0.467. The first-order valence-electron chi connectivity index (χ1n) is 7.15. The van der Waals surface area contributed by atoms with Gasteiger partial charge in [-0.05, 0) is 54.2 Å².